The van der Waals surface area contributed by atoms with Crippen molar-refractivity contribution in [3.05, 3.63) is 48.0 Å². The molecule has 134 valence electrons. The molecule has 6 heteroatoms. The number of hydrogen-bond acceptors (Lipinski definition) is 6. The van der Waals surface area contributed by atoms with E-state index in [1.807, 2.05) is 18.2 Å². The fraction of sp³-hybridized carbons (Fsp3) is 0.368. The van der Waals surface area contributed by atoms with E-state index in [0.717, 1.165) is 32.0 Å². The van der Waals surface area contributed by atoms with Gasteiger partial charge in [-0.05, 0) is 29.8 Å². The number of nitrogens with one attached hydrogen (secondary N) is 1. The number of aliphatic hydroxyl groups is 1. The summed E-state index contributed by atoms with van der Waals surface area (Å²) in [4.78, 5) is 2.35. The number of anilines is 3. The molecule has 2 aromatic carbocycles. The number of benzene rings is 2. The number of aliphatic hydroxyl groups excluding tert-OH is 1. The number of rotatable bonds is 7. The van der Waals surface area contributed by atoms with Gasteiger partial charge in [-0.3, -0.25) is 0 Å². The van der Waals surface area contributed by atoms with E-state index in [4.69, 9.17) is 20.3 Å². The predicted octanol–water partition coefficient (Wildman–Crippen LogP) is 2.09. The molecular formula is C19H25N3O3. The Morgan fingerprint density at radius 3 is 2.76 bits per heavy atom. The summed E-state index contributed by atoms with van der Waals surface area (Å²) in [5, 5.41) is 12.4. The first-order valence-electron chi connectivity index (χ1n) is 8.55. The summed E-state index contributed by atoms with van der Waals surface area (Å²) in [6.07, 6.45) is 0. The molecule has 1 aliphatic rings. The third-order valence-corrected chi connectivity index (χ3v) is 4.17. The molecule has 0 amide bonds. The van der Waals surface area contributed by atoms with Crippen LogP contribution < -0.4 is 20.7 Å². The molecule has 3 rings (SSSR count). The Kier molecular flexibility index (Phi) is 5.98. The molecule has 6 nitrogen and oxygen atoms in total. The summed E-state index contributed by atoms with van der Waals surface area (Å²) >= 11 is 0. The number of nitrogens with zero attached hydrogens (tertiary/aromatic N) is 1. The van der Waals surface area contributed by atoms with Crippen LogP contribution in [0, 0.1) is 0 Å². The van der Waals surface area contributed by atoms with Crippen LogP contribution in [0.3, 0.4) is 0 Å². The molecule has 0 atom stereocenters. The van der Waals surface area contributed by atoms with Gasteiger partial charge in [0.15, 0.2) is 0 Å². The first kappa shape index (κ1) is 17.4. The predicted molar refractivity (Wildman–Crippen MR) is 100 cm³/mol. The van der Waals surface area contributed by atoms with Crippen LogP contribution in [0.25, 0.3) is 0 Å². The van der Waals surface area contributed by atoms with Gasteiger partial charge in [-0.1, -0.05) is 18.2 Å². The largest absolute Gasteiger partial charge is 0.489 e. The Morgan fingerprint density at radius 2 is 1.96 bits per heavy atom. The molecule has 0 radical (unpaired) electrons. The van der Waals surface area contributed by atoms with E-state index in [2.05, 4.69) is 28.4 Å². The quantitative estimate of drug-likeness (QED) is 0.668. The summed E-state index contributed by atoms with van der Waals surface area (Å²) in [7, 11) is 0. The molecule has 1 saturated heterocycles. The van der Waals surface area contributed by atoms with E-state index in [-0.39, 0.29) is 13.2 Å². The van der Waals surface area contributed by atoms with Crippen LogP contribution in [-0.4, -0.2) is 44.6 Å². The van der Waals surface area contributed by atoms with Crippen LogP contribution in [0.1, 0.15) is 5.56 Å². The van der Waals surface area contributed by atoms with Crippen LogP contribution in [0.15, 0.2) is 42.5 Å². The highest BCUT2D eigenvalue weighted by Crippen LogP contribution is 2.29. The fourth-order valence-electron chi connectivity index (χ4n) is 2.93. The molecule has 0 spiro atoms. The molecule has 0 aromatic heterocycles. The third kappa shape index (κ3) is 4.55. The second kappa shape index (κ2) is 8.60. The first-order chi connectivity index (χ1) is 12.3. The van der Waals surface area contributed by atoms with Crippen LogP contribution in [-0.2, 0) is 11.3 Å². The number of hydrogen-bond donors (Lipinski definition) is 3. The molecular weight excluding hydrogens is 318 g/mol. The Labute approximate surface area is 148 Å². The lowest BCUT2D eigenvalue weighted by molar-refractivity contribution is 0.122. The van der Waals surface area contributed by atoms with Gasteiger partial charge < -0.3 is 30.5 Å². The zero-order chi connectivity index (χ0) is 17.5. The maximum absolute atomic E-state index is 8.98. The van der Waals surface area contributed by atoms with Crippen LogP contribution >= 0.6 is 0 Å². The topological polar surface area (TPSA) is 80.0 Å². The summed E-state index contributed by atoms with van der Waals surface area (Å²) < 4.78 is 11.0. The molecule has 25 heavy (non-hydrogen) atoms. The minimum atomic E-state index is -0.0241. The van der Waals surface area contributed by atoms with Crippen molar-refractivity contribution in [1.82, 2.24) is 0 Å². The van der Waals surface area contributed by atoms with Gasteiger partial charge in [0.25, 0.3) is 0 Å². The molecule has 0 aliphatic carbocycles. The van der Waals surface area contributed by atoms with E-state index in [0.29, 0.717) is 18.0 Å². The van der Waals surface area contributed by atoms with Gasteiger partial charge in [0.2, 0.25) is 0 Å². The second-order valence-corrected chi connectivity index (χ2v) is 5.91. The number of nitrogen functional groups attached to an aromatic ring is 1. The van der Waals surface area contributed by atoms with Crippen molar-refractivity contribution in [2.24, 2.45) is 0 Å². The lowest BCUT2D eigenvalue weighted by Crippen LogP contribution is -2.36. The van der Waals surface area contributed by atoms with Gasteiger partial charge in [0.05, 0.1) is 25.5 Å². The monoisotopic (exact) mass is 343 g/mol. The zero-order valence-electron chi connectivity index (χ0n) is 14.3. The van der Waals surface area contributed by atoms with Crippen molar-refractivity contribution >= 4 is 17.1 Å². The minimum absolute atomic E-state index is 0.0241. The van der Waals surface area contributed by atoms with Gasteiger partial charge in [-0.15, -0.1) is 0 Å². The van der Waals surface area contributed by atoms with Crippen molar-refractivity contribution in [1.29, 1.82) is 0 Å². The Morgan fingerprint density at radius 1 is 1.16 bits per heavy atom. The van der Waals surface area contributed by atoms with Gasteiger partial charge in [-0.25, -0.2) is 0 Å². The molecule has 1 fully saturated rings. The summed E-state index contributed by atoms with van der Waals surface area (Å²) in [6.45, 7) is 4.21. The lowest BCUT2D eigenvalue weighted by atomic mass is 10.1. The van der Waals surface area contributed by atoms with Gasteiger partial charge >= 0.3 is 0 Å². The summed E-state index contributed by atoms with van der Waals surface area (Å²) in [5.41, 5.74) is 9.83. The van der Waals surface area contributed by atoms with Gasteiger partial charge in [0.1, 0.15) is 12.4 Å². The van der Waals surface area contributed by atoms with Crippen molar-refractivity contribution in [2.45, 2.75) is 6.54 Å². The van der Waals surface area contributed by atoms with E-state index >= 15 is 0 Å². The normalized spacial score (nSPS) is 14.4. The number of morpholine rings is 1. The van der Waals surface area contributed by atoms with E-state index in [1.54, 1.807) is 6.07 Å². The summed E-state index contributed by atoms with van der Waals surface area (Å²) in [6, 6.07) is 13.8. The van der Waals surface area contributed by atoms with Crippen molar-refractivity contribution in [2.75, 3.05) is 55.5 Å². The molecule has 0 saturated carbocycles. The average molecular weight is 343 g/mol. The number of ether oxygens (including phenoxy) is 2. The van der Waals surface area contributed by atoms with Crippen molar-refractivity contribution in [3.8, 4) is 5.75 Å². The maximum Gasteiger partial charge on any atom is 0.142 e. The molecule has 2 aromatic rings. The molecule has 1 heterocycles. The fourth-order valence-corrected chi connectivity index (χ4v) is 2.93. The first-order valence-corrected chi connectivity index (χ1v) is 8.55. The van der Waals surface area contributed by atoms with E-state index < -0.39 is 0 Å². The smallest absolute Gasteiger partial charge is 0.142 e. The highest BCUT2D eigenvalue weighted by atomic mass is 16.5. The SMILES string of the molecule is Nc1ccc(OCCO)c(NCc2ccccc2N2CCOCC2)c1. The Hall–Kier alpha value is -2.44. The highest BCUT2D eigenvalue weighted by molar-refractivity contribution is 5.64. The average Bonchev–Trinajstić information content (AvgIpc) is 2.66. The van der Waals surface area contributed by atoms with Crippen LogP contribution in [0.2, 0.25) is 0 Å². The van der Waals surface area contributed by atoms with Crippen LogP contribution in [0.4, 0.5) is 17.1 Å². The van der Waals surface area contributed by atoms with Gasteiger partial charge in [0, 0.05) is 31.0 Å². The minimum Gasteiger partial charge on any atom is -0.489 e. The van der Waals surface area contributed by atoms with E-state index in [1.165, 1.54) is 11.3 Å². The van der Waals surface area contributed by atoms with Crippen molar-refractivity contribution < 1.29 is 14.6 Å². The van der Waals surface area contributed by atoms with Gasteiger partial charge in [-0.2, -0.15) is 0 Å². The standard InChI is InChI=1S/C19H25N3O3/c20-16-5-6-19(25-12-9-23)17(13-16)21-14-15-3-1-2-4-18(15)22-7-10-24-11-8-22/h1-6,13,21,23H,7-12,14,20H2. The molecule has 0 unspecified atom stereocenters. The van der Waals surface area contributed by atoms with E-state index in [9.17, 15) is 0 Å². The van der Waals surface area contributed by atoms with Crippen molar-refractivity contribution in [3.63, 3.8) is 0 Å². The molecule has 0 bridgehead atoms. The number of nitrogens with two attached hydrogens (primary N) is 1. The Balaban J connectivity index is 1.74. The highest BCUT2D eigenvalue weighted by Gasteiger charge is 2.14. The third-order valence-electron chi connectivity index (χ3n) is 4.17. The van der Waals surface area contributed by atoms with Crippen LogP contribution in [0.5, 0.6) is 5.75 Å². The lowest BCUT2D eigenvalue weighted by Gasteiger charge is -2.30. The Bertz CT molecular complexity index is 687. The molecule has 1 aliphatic heterocycles. The number of para-hydroxylation sites is 1. The zero-order valence-corrected chi connectivity index (χ0v) is 14.3. The summed E-state index contributed by atoms with van der Waals surface area (Å²) in [5.74, 6) is 0.687. The second-order valence-electron chi connectivity index (χ2n) is 5.91. The maximum atomic E-state index is 8.98. The molecule has 4 N–H and O–H groups in total.